The number of allylic oxidation sites excluding steroid dienone is 6. The van der Waals surface area contributed by atoms with E-state index in [0.29, 0.717) is 35.6 Å². The smallest absolute Gasteiger partial charge is 0.0716 e. The summed E-state index contributed by atoms with van der Waals surface area (Å²) in [5.41, 5.74) is 11.0. The highest BCUT2D eigenvalue weighted by Gasteiger charge is 2.56. The van der Waals surface area contributed by atoms with Gasteiger partial charge in [-0.05, 0) is 53.5 Å². The molecule has 4 heteroatoms. The van der Waals surface area contributed by atoms with Gasteiger partial charge in [0.25, 0.3) is 0 Å². The summed E-state index contributed by atoms with van der Waals surface area (Å²) >= 11 is 2.17. The topological polar surface area (TPSA) is 28.0 Å². The predicted molar refractivity (Wildman–Crippen MR) is 192 cm³/mol. The maximum absolute atomic E-state index is 5.20. The van der Waals surface area contributed by atoms with E-state index in [9.17, 15) is 0 Å². The first-order valence-corrected chi connectivity index (χ1v) is 17.1. The number of rotatable bonds is 6. The Morgan fingerprint density at radius 1 is 0.978 bits per heavy atom. The molecule has 5 unspecified atom stereocenters. The Kier molecular flexibility index (Phi) is 6.94. The number of hydrogen-bond acceptors (Lipinski definition) is 4. The van der Waals surface area contributed by atoms with Gasteiger partial charge in [0, 0.05) is 44.4 Å². The van der Waals surface area contributed by atoms with Crippen molar-refractivity contribution < 1.29 is 0 Å². The molecule has 224 valence electrons. The van der Waals surface area contributed by atoms with Crippen LogP contribution in [0.5, 0.6) is 0 Å². The monoisotopic (exact) mass is 605 g/mol. The Morgan fingerprint density at radius 2 is 1.73 bits per heavy atom. The fourth-order valence-electron chi connectivity index (χ4n) is 8.10. The van der Waals surface area contributed by atoms with E-state index in [4.69, 9.17) is 4.99 Å². The molecule has 0 radical (unpaired) electrons. The van der Waals surface area contributed by atoms with Gasteiger partial charge in [0.05, 0.1) is 24.0 Å². The summed E-state index contributed by atoms with van der Waals surface area (Å²) in [6, 6.07) is 28.0. The first-order chi connectivity index (χ1) is 22.0. The van der Waals surface area contributed by atoms with Crippen LogP contribution in [0.3, 0.4) is 0 Å². The second-order valence-corrected chi connectivity index (χ2v) is 14.6. The van der Waals surface area contributed by atoms with E-state index in [1.54, 1.807) is 16.2 Å². The van der Waals surface area contributed by atoms with E-state index in [-0.39, 0.29) is 5.41 Å². The third-order valence-electron chi connectivity index (χ3n) is 10.4. The van der Waals surface area contributed by atoms with Gasteiger partial charge in [-0.1, -0.05) is 124 Å². The summed E-state index contributed by atoms with van der Waals surface area (Å²) in [5, 5.41) is 0.624. The van der Waals surface area contributed by atoms with E-state index >= 15 is 0 Å². The molecule has 3 heterocycles. The second-order valence-electron chi connectivity index (χ2n) is 13.5. The van der Waals surface area contributed by atoms with Crippen molar-refractivity contribution in [3.05, 3.63) is 154 Å². The van der Waals surface area contributed by atoms with Crippen LogP contribution >= 0.6 is 11.8 Å². The average Bonchev–Trinajstić information content (AvgIpc) is 3.62. The van der Waals surface area contributed by atoms with Gasteiger partial charge in [-0.15, -0.1) is 11.8 Å². The third kappa shape index (κ3) is 4.56. The van der Waals surface area contributed by atoms with Gasteiger partial charge in [0.1, 0.15) is 0 Å². The van der Waals surface area contributed by atoms with Crippen LogP contribution in [0, 0.1) is 17.3 Å². The Balaban J connectivity index is 1.18. The molecule has 45 heavy (non-hydrogen) atoms. The lowest BCUT2D eigenvalue weighted by Gasteiger charge is -2.47. The van der Waals surface area contributed by atoms with Crippen LogP contribution < -0.4 is 4.90 Å². The van der Waals surface area contributed by atoms with E-state index in [0.717, 1.165) is 22.5 Å². The lowest BCUT2D eigenvalue weighted by molar-refractivity contribution is 0.435. The summed E-state index contributed by atoms with van der Waals surface area (Å²) in [5.74, 6) is 1.51. The van der Waals surface area contributed by atoms with E-state index in [2.05, 4.69) is 140 Å². The maximum Gasteiger partial charge on any atom is 0.0716 e. The highest BCUT2D eigenvalue weighted by molar-refractivity contribution is 8.04. The predicted octanol–water partition coefficient (Wildman–Crippen LogP) is 9.76. The number of nitrogens with zero attached hydrogens (tertiary/aromatic N) is 3. The van der Waals surface area contributed by atoms with Crippen LogP contribution in [-0.4, -0.2) is 23.7 Å². The molecule has 3 aromatic rings. The van der Waals surface area contributed by atoms with Gasteiger partial charge in [-0.3, -0.25) is 9.98 Å². The lowest BCUT2D eigenvalue weighted by atomic mass is 9.69. The summed E-state index contributed by atoms with van der Waals surface area (Å²) in [6.07, 6.45) is 15.3. The first kappa shape index (κ1) is 28.3. The molecular weight excluding hydrogens is 567 g/mol. The molecule has 3 aliphatic heterocycles. The van der Waals surface area contributed by atoms with Crippen molar-refractivity contribution in [3.8, 4) is 0 Å². The van der Waals surface area contributed by atoms with Gasteiger partial charge in [-0.25, -0.2) is 0 Å². The molecule has 5 atom stereocenters. The number of anilines is 1. The standard InChI is InChI=1S/C41H39N3S/c1-26-13-11-19-31-38-40(45-39(26)31)41(2,3)33-20-12-18-30-32-23-27(21-22-36(32)44(38)37(30)33)25-43-35(29-16-9-6-10-17-29)24-34(42-4)28-14-7-5-8-15-28/h5-12,14-24,26,30-31,37,39H,4,13,25H2,1-3H3/b34-24-,43-35?. The van der Waals surface area contributed by atoms with E-state index < -0.39 is 0 Å². The number of fused-ring (bicyclic) bond motifs is 6. The van der Waals surface area contributed by atoms with Gasteiger partial charge >= 0.3 is 0 Å². The number of thioether (sulfide) groups is 1. The minimum Gasteiger partial charge on any atom is -0.335 e. The minimum absolute atomic E-state index is 0.0385. The maximum atomic E-state index is 5.20. The molecule has 0 spiro atoms. The highest BCUT2D eigenvalue weighted by Crippen LogP contribution is 2.65. The van der Waals surface area contributed by atoms with Crippen LogP contribution in [0.2, 0.25) is 0 Å². The number of aliphatic imine (C=N–C) groups is 2. The van der Waals surface area contributed by atoms with Gasteiger partial charge < -0.3 is 4.90 Å². The van der Waals surface area contributed by atoms with Crippen LogP contribution in [0.1, 0.15) is 55.4 Å². The number of benzene rings is 3. The Morgan fingerprint density at radius 3 is 2.49 bits per heavy atom. The van der Waals surface area contributed by atoms with Crippen molar-refractivity contribution in [3.63, 3.8) is 0 Å². The van der Waals surface area contributed by atoms with Crippen molar-refractivity contribution in [1.29, 1.82) is 0 Å². The summed E-state index contributed by atoms with van der Waals surface area (Å²) in [7, 11) is 0. The zero-order valence-corrected chi connectivity index (χ0v) is 27.0. The Bertz CT molecular complexity index is 1860. The molecule has 8 rings (SSSR count). The SMILES string of the molecule is C=N/C(=C\C(=NCc1ccc2c(c1)C1C=CC=C3C1N2C1=C(SC2C(C)CC=CC12)C3(C)C)c1ccccc1)c1ccccc1. The Hall–Kier alpha value is -4.15. The molecule has 0 aromatic heterocycles. The normalized spacial score (nSPS) is 27.5. The molecule has 3 nitrogen and oxygen atoms in total. The molecule has 0 N–H and O–H groups in total. The molecule has 0 saturated carbocycles. The largest absolute Gasteiger partial charge is 0.335 e. The lowest BCUT2D eigenvalue weighted by Crippen LogP contribution is -2.46. The quantitative estimate of drug-likeness (QED) is 0.207. The first-order valence-electron chi connectivity index (χ1n) is 16.2. The molecule has 0 amide bonds. The second kappa shape index (κ2) is 11.0. The van der Waals surface area contributed by atoms with Gasteiger partial charge in [0.15, 0.2) is 0 Å². The molecule has 0 saturated heterocycles. The van der Waals surface area contributed by atoms with E-state index in [1.165, 1.54) is 23.2 Å². The summed E-state index contributed by atoms with van der Waals surface area (Å²) in [6.45, 7) is 11.8. The highest BCUT2D eigenvalue weighted by atomic mass is 32.2. The van der Waals surface area contributed by atoms with Crippen LogP contribution in [-0.2, 0) is 6.54 Å². The molecular formula is C41H39N3S. The summed E-state index contributed by atoms with van der Waals surface area (Å²) in [4.78, 5) is 13.9. The van der Waals surface area contributed by atoms with E-state index in [1.807, 2.05) is 24.3 Å². The van der Waals surface area contributed by atoms with Crippen molar-refractivity contribution in [2.45, 2.75) is 50.9 Å². The van der Waals surface area contributed by atoms with Crippen molar-refractivity contribution in [2.24, 2.45) is 27.2 Å². The zero-order valence-electron chi connectivity index (χ0n) is 26.2. The van der Waals surface area contributed by atoms with Crippen molar-refractivity contribution in [1.82, 2.24) is 0 Å². The fourth-order valence-corrected chi connectivity index (χ4v) is 9.85. The minimum atomic E-state index is 0.0385. The summed E-state index contributed by atoms with van der Waals surface area (Å²) < 4.78 is 0. The van der Waals surface area contributed by atoms with Crippen molar-refractivity contribution >= 4 is 35.6 Å². The third-order valence-corrected chi connectivity index (χ3v) is 12.4. The van der Waals surface area contributed by atoms with Crippen molar-refractivity contribution in [2.75, 3.05) is 4.90 Å². The average molecular weight is 606 g/mol. The molecule has 0 bridgehead atoms. The molecule has 3 aromatic carbocycles. The molecule has 0 fully saturated rings. The number of hydrogen-bond donors (Lipinski definition) is 0. The fraction of sp³-hybridized carbons (Fsp3) is 0.268. The Labute approximate surface area is 271 Å². The molecule has 2 aliphatic carbocycles. The van der Waals surface area contributed by atoms with Gasteiger partial charge in [0.2, 0.25) is 0 Å². The van der Waals surface area contributed by atoms with Gasteiger partial charge in [-0.2, -0.15) is 0 Å². The van der Waals surface area contributed by atoms with Crippen LogP contribution in [0.25, 0.3) is 5.70 Å². The van der Waals surface area contributed by atoms with Crippen LogP contribution in [0.15, 0.2) is 141 Å². The zero-order chi connectivity index (χ0) is 30.7. The molecule has 5 aliphatic rings. The van der Waals surface area contributed by atoms with Crippen LogP contribution in [0.4, 0.5) is 5.69 Å².